The quantitative estimate of drug-likeness (QED) is 0.797. The summed E-state index contributed by atoms with van der Waals surface area (Å²) in [4.78, 5) is 22.0. The second kappa shape index (κ2) is 3.59. The van der Waals surface area contributed by atoms with Gasteiger partial charge in [0.1, 0.15) is 5.92 Å². The first kappa shape index (κ1) is 10.6. The Labute approximate surface area is 91.1 Å². The van der Waals surface area contributed by atoms with Gasteiger partial charge in [0.05, 0.1) is 0 Å². The van der Waals surface area contributed by atoms with Gasteiger partial charge in [0.2, 0.25) is 12.1 Å². The number of aryl methyl sites for hydroxylation is 1. The molecular weight excluding hydrogens is 213 g/mol. The highest BCUT2D eigenvalue weighted by Gasteiger charge is 2.40. The van der Waals surface area contributed by atoms with E-state index in [1.807, 2.05) is 0 Å². The average Bonchev–Trinajstić information content (AvgIpc) is 2.52. The number of fused-ring (bicyclic) bond motifs is 1. The van der Waals surface area contributed by atoms with Gasteiger partial charge < -0.3 is 10.4 Å². The molecule has 2 unspecified atom stereocenters. The van der Waals surface area contributed by atoms with Gasteiger partial charge in [0, 0.05) is 5.69 Å². The fraction of sp³-hybridized carbons (Fsp3) is 0.273. The summed E-state index contributed by atoms with van der Waals surface area (Å²) in [6.45, 7) is 1.80. The lowest BCUT2D eigenvalue weighted by Gasteiger charge is -2.10. The Hall–Kier alpha value is -1.91. The number of hydrogen-bond donors (Lipinski definition) is 2. The molecule has 0 aromatic heterocycles. The number of carboxylic acids is 1. The lowest BCUT2D eigenvalue weighted by molar-refractivity contribution is -0.145. The minimum absolute atomic E-state index is 0.417. The molecule has 0 spiro atoms. The van der Waals surface area contributed by atoms with Gasteiger partial charge in [0.25, 0.3) is 0 Å². The maximum absolute atomic E-state index is 13.4. The first-order valence-electron chi connectivity index (χ1n) is 4.79. The second-order valence-corrected chi connectivity index (χ2v) is 3.80. The molecular formula is C11H10FNO3. The number of carbonyl (C=O) groups excluding carboxylic acids is 1. The van der Waals surface area contributed by atoms with Crippen LogP contribution in [0.15, 0.2) is 18.2 Å². The summed E-state index contributed by atoms with van der Waals surface area (Å²) in [5.74, 6) is -3.46. The van der Waals surface area contributed by atoms with Crippen LogP contribution in [0, 0.1) is 6.92 Å². The van der Waals surface area contributed by atoms with Crippen LogP contribution in [0.2, 0.25) is 0 Å². The van der Waals surface area contributed by atoms with Gasteiger partial charge in [0.15, 0.2) is 0 Å². The molecule has 16 heavy (non-hydrogen) atoms. The topological polar surface area (TPSA) is 66.4 Å². The zero-order valence-electron chi connectivity index (χ0n) is 8.53. The molecule has 4 nitrogen and oxygen atoms in total. The number of rotatable bonds is 2. The number of alkyl halides is 1. The van der Waals surface area contributed by atoms with Crippen molar-refractivity contribution in [1.29, 1.82) is 0 Å². The molecule has 1 amide bonds. The van der Waals surface area contributed by atoms with Crippen LogP contribution in [0.3, 0.4) is 0 Å². The SMILES string of the molecule is Cc1ccc2c(c1)C(C(F)C(=O)O)C(=O)N2. The van der Waals surface area contributed by atoms with Crippen molar-refractivity contribution in [3.8, 4) is 0 Å². The monoisotopic (exact) mass is 223 g/mol. The molecule has 0 aliphatic carbocycles. The lowest BCUT2D eigenvalue weighted by Crippen LogP contribution is -2.28. The van der Waals surface area contributed by atoms with E-state index < -0.39 is 24.0 Å². The van der Waals surface area contributed by atoms with Gasteiger partial charge in [-0.25, -0.2) is 9.18 Å². The predicted octanol–water partition coefficient (Wildman–Crippen LogP) is 1.45. The van der Waals surface area contributed by atoms with Crippen molar-refractivity contribution < 1.29 is 19.1 Å². The average molecular weight is 223 g/mol. The largest absolute Gasteiger partial charge is 0.479 e. The van der Waals surface area contributed by atoms with Crippen LogP contribution >= 0.6 is 0 Å². The van der Waals surface area contributed by atoms with Crippen molar-refractivity contribution in [3.05, 3.63) is 29.3 Å². The molecule has 2 N–H and O–H groups in total. The molecule has 1 aliphatic rings. The van der Waals surface area contributed by atoms with Crippen LogP contribution in [0.1, 0.15) is 17.0 Å². The van der Waals surface area contributed by atoms with E-state index in [1.54, 1.807) is 25.1 Å². The third-order valence-corrected chi connectivity index (χ3v) is 2.61. The molecule has 0 saturated carbocycles. The Balaban J connectivity index is 2.46. The number of carboxylic acid groups (broad SMARTS) is 1. The van der Waals surface area contributed by atoms with E-state index in [0.29, 0.717) is 11.3 Å². The summed E-state index contributed by atoms with van der Waals surface area (Å²) in [6, 6.07) is 5.06. The smallest absolute Gasteiger partial charge is 0.339 e. The number of anilines is 1. The lowest BCUT2D eigenvalue weighted by atomic mass is 9.94. The van der Waals surface area contributed by atoms with Crippen molar-refractivity contribution in [2.24, 2.45) is 0 Å². The number of benzene rings is 1. The molecule has 2 rings (SSSR count). The van der Waals surface area contributed by atoms with E-state index in [-0.39, 0.29) is 0 Å². The molecule has 1 heterocycles. The number of hydrogen-bond acceptors (Lipinski definition) is 2. The molecule has 5 heteroatoms. The number of carbonyl (C=O) groups is 2. The van der Waals surface area contributed by atoms with E-state index >= 15 is 0 Å². The number of halogens is 1. The fourth-order valence-corrected chi connectivity index (χ4v) is 1.84. The molecule has 1 aliphatic heterocycles. The minimum Gasteiger partial charge on any atom is -0.479 e. The molecule has 1 aromatic carbocycles. The molecule has 0 saturated heterocycles. The maximum Gasteiger partial charge on any atom is 0.339 e. The highest BCUT2D eigenvalue weighted by molar-refractivity contribution is 6.05. The number of aliphatic carboxylic acids is 1. The third kappa shape index (κ3) is 1.54. The zero-order chi connectivity index (χ0) is 11.9. The summed E-state index contributed by atoms with van der Waals surface area (Å²) >= 11 is 0. The van der Waals surface area contributed by atoms with E-state index in [0.717, 1.165) is 5.56 Å². The van der Waals surface area contributed by atoms with Gasteiger partial charge in [-0.05, 0) is 18.6 Å². The molecule has 0 radical (unpaired) electrons. The van der Waals surface area contributed by atoms with E-state index in [1.165, 1.54) is 0 Å². The summed E-state index contributed by atoms with van der Waals surface area (Å²) in [6.07, 6.45) is -2.21. The summed E-state index contributed by atoms with van der Waals surface area (Å²) in [7, 11) is 0. The Morgan fingerprint density at radius 1 is 1.56 bits per heavy atom. The van der Waals surface area contributed by atoms with Crippen molar-refractivity contribution in [3.63, 3.8) is 0 Å². The van der Waals surface area contributed by atoms with Gasteiger partial charge >= 0.3 is 5.97 Å². The summed E-state index contributed by atoms with van der Waals surface area (Å²) in [5, 5.41) is 11.1. The Morgan fingerprint density at radius 2 is 2.25 bits per heavy atom. The van der Waals surface area contributed by atoms with Crippen LogP contribution < -0.4 is 5.32 Å². The Kier molecular flexibility index (Phi) is 2.38. The van der Waals surface area contributed by atoms with Crippen molar-refractivity contribution in [2.45, 2.75) is 19.0 Å². The molecule has 1 aromatic rings. The maximum atomic E-state index is 13.4. The minimum atomic E-state index is -2.21. The van der Waals surface area contributed by atoms with Crippen LogP contribution in [0.25, 0.3) is 0 Å². The second-order valence-electron chi connectivity index (χ2n) is 3.80. The summed E-state index contributed by atoms with van der Waals surface area (Å²) < 4.78 is 13.4. The normalized spacial score (nSPS) is 20.1. The standard InChI is InChI=1S/C11H10FNO3/c1-5-2-3-7-6(4-5)8(10(14)13-7)9(12)11(15)16/h2-4,8-9H,1H3,(H,13,14)(H,15,16). The predicted molar refractivity (Wildman–Crippen MR) is 55.1 cm³/mol. The van der Waals surface area contributed by atoms with Crippen LogP contribution in [0.4, 0.5) is 10.1 Å². The fourth-order valence-electron chi connectivity index (χ4n) is 1.84. The van der Waals surface area contributed by atoms with Crippen LogP contribution in [-0.2, 0) is 9.59 Å². The van der Waals surface area contributed by atoms with Crippen molar-refractivity contribution >= 4 is 17.6 Å². The van der Waals surface area contributed by atoms with Gasteiger partial charge in [-0.15, -0.1) is 0 Å². The van der Waals surface area contributed by atoms with Crippen LogP contribution in [0.5, 0.6) is 0 Å². The highest BCUT2D eigenvalue weighted by Crippen LogP contribution is 2.36. The first-order valence-corrected chi connectivity index (χ1v) is 4.79. The molecule has 0 bridgehead atoms. The van der Waals surface area contributed by atoms with Gasteiger partial charge in [-0.2, -0.15) is 0 Å². The van der Waals surface area contributed by atoms with Gasteiger partial charge in [-0.1, -0.05) is 17.7 Å². The van der Waals surface area contributed by atoms with E-state index in [9.17, 15) is 14.0 Å². The molecule has 84 valence electrons. The van der Waals surface area contributed by atoms with E-state index in [2.05, 4.69) is 5.32 Å². The highest BCUT2D eigenvalue weighted by atomic mass is 19.1. The first-order chi connectivity index (χ1) is 7.50. The van der Waals surface area contributed by atoms with Gasteiger partial charge in [-0.3, -0.25) is 4.79 Å². The zero-order valence-corrected chi connectivity index (χ0v) is 8.53. The molecule has 2 atom stereocenters. The number of amides is 1. The molecule has 0 fully saturated rings. The Morgan fingerprint density at radius 3 is 2.88 bits per heavy atom. The van der Waals surface area contributed by atoms with E-state index in [4.69, 9.17) is 5.11 Å². The summed E-state index contributed by atoms with van der Waals surface area (Å²) in [5.41, 5.74) is 1.77. The Bertz CT molecular complexity index is 472. The van der Waals surface area contributed by atoms with Crippen LogP contribution in [-0.4, -0.2) is 23.2 Å². The van der Waals surface area contributed by atoms with Crippen molar-refractivity contribution in [1.82, 2.24) is 0 Å². The third-order valence-electron chi connectivity index (χ3n) is 2.61. The van der Waals surface area contributed by atoms with Crippen molar-refractivity contribution in [2.75, 3.05) is 5.32 Å². The number of nitrogens with one attached hydrogen (secondary N) is 1.